The molecule has 1 aliphatic rings. The largest absolute Gasteiger partial charge is 0.415 e. The maximum Gasteiger partial charge on any atom is 0.324 e. The predicted molar refractivity (Wildman–Crippen MR) is 137 cm³/mol. The van der Waals surface area contributed by atoms with Crippen molar-refractivity contribution in [3.63, 3.8) is 0 Å². The molecule has 9 heteroatoms. The lowest BCUT2D eigenvalue weighted by Gasteiger charge is -2.33. The fourth-order valence-corrected chi connectivity index (χ4v) is 4.94. The summed E-state index contributed by atoms with van der Waals surface area (Å²) in [6, 6.07) is 25.2. The molecule has 0 N–H and O–H groups in total. The Kier molecular flexibility index (Phi) is 7.27. The Labute approximate surface area is 211 Å². The number of anilines is 1. The van der Waals surface area contributed by atoms with Gasteiger partial charge in [0.25, 0.3) is 5.89 Å². The van der Waals surface area contributed by atoms with Crippen LogP contribution in [0.1, 0.15) is 17.9 Å². The number of aromatic nitrogens is 2. The zero-order valence-corrected chi connectivity index (χ0v) is 20.2. The zero-order valence-electron chi connectivity index (χ0n) is 19.4. The molecule has 2 heterocycles. The van der Waals surface area contributed by atoms with Crippen molar-refractivity contribution in [1.29, 1.82) is 0 Å². The molecular weight excluding hydrogens is 482 g/mol. The van der Waals surface area contributed by atoms with E-state index in [1.54, 1.807) is 17.0 Å². The number of carbonyl (C=O) groups excluding carboxylic acids is 1. The topological polar surface area (TPSA) is 62.5 Å². The maximum atomic E-state index is 13.6. The highest BCUT2D eigenvalue weighted by Gasteiger charge is 2.24. The van der Waals surface area contributed by atoms with Crippen LogP contribution in [0.15, 0.2) is 83.3 Å². The average molecular weight is 507 g/mol. The van der Waals surface area contributed by atoms with E-state index >= 15 is 0 Å². The van der Waals surface area contributed by atoms with Crippen molar-refractivity contribution >= 4 is 23.5 Å². The number of carbonyl (C=O) groups is 1. The van der Waals surface area contributed by atoms with Crippen molar-refractivity contribution in [3.05, 3.63) is 90.3 Å². The molecule has 36 heavy (non-hydrogen) atoms. The molecule has 5 rings (SSSR count). The highest BCUT2D eigenvalue weighted by Crippen LogP contribution is 2.27. The van der Waals surface area contributed by atoms with Crippen LogP contribution in [-0.2, 0) is 6.54 Å². The van der Waals surface area contributed by atoms with Gasteiger partial charge in [-0.2, -0.15) is 20.5 Å². The van der Waals surface area contributed by atoms with E-state index in [0.29, 0.717) is 25.2 Å². The van der Waals surface area contributed by atoms with Crippen LogP contribution < -0.4 is 4.90 Å². The van der Waals surface area contributed by atoms with Gasteiger partial charge < -0.3 is 9.32 Å². The summed E-state index contributed by atoms with van der Waals surface area (Å²) in [6.45, 7) is 1.79. The number of urea groups is 1. The number of nitrogens with zero attached hydrogens (tertiary/aromatic N) is 4. The minimum absolute atomic E-state index is 0.0344. The fourth-order valence-electron chi connectivity index (χ4n) is 4.03. The lowest BCUT2D eigenvalue weighted by atomic mass is 10.1. The second-order valence-electron chi connectivity index (χ2n) is 8.32. The van der Waals surface area contributed by atoms with Gasteiger partial charge >= 0.3 is 12.5 Å². The van der Waals surface area contributed by atoms with Crippen LogP contribution in [0.3, 0.4) is 0 Å². The van der Waals surface area contributed by atoms with Gasteiger partial charge in [0.2, 0.25) is 5.89 Å². The molecule has 1 aromatic heterocycles. The number of hydrogen-bond acceptors (Lipinski definition) is 5. The van der Waals surface area contributed by atoms with Crippen LogP contribution >= 0.6 is 11.8 Å². The zero-order chi connectivity index (χ0) is 24.9. The van der Waals surface area contributed by atoms with Gasteiger partial charge in [-0.05, 0) is 41.0 Å². The van der Waals surface area contributed by atoms with Crippen molar-refractivity contribution in [1.82, 2.24) is 15.1 Å². The minimum atomic E-state index is -2.81. The van der Waals surface area contributed by atoms with Crippen molar-refractivity contribution < 1.29 is 18.0 Å². The lowest BCUT2D eigenvalue weighted by molar-refractivity contribution is 0.116. The van der Waals surface area contributed by atoms with Gasteiger partial charge in [-0.25, -0.2) is 4.79 Å². The third-order valence-electron chi connectivity index (χ3n) is 5.97. The fraction of sp³-hybridized carbons (Fsp3) is 0.222. The van der Waals surface area contributed by atoms with Gasteiger partial charge in [0.05, 0.1) is 6.54 Å². The molecule has 0 atom stereocenters. The van der Waals surface area contributed by atoms with Crippen LogP contribution in [0, 0.1) is 0 Å². The van der Waals surface area contributed by atoms with Gasteiger partial charge in [0, 0.05) is 35.8 Å². The standard InChI is InChI=1S/C27H24F2N4O2S/c28-24(29)26-31-30-25(35-26)22-8-6-19(7-9-22)18-33(27(34)32-14-16-36-17-15-32)23-12-10-21(11-13-23)20-4-2-1-3-5-20/h1-13,24H,14-18H2. The van der Waals surface area contributed by atoms with E-state index in [-0.39, 0.29) is 11.9 Å². The summed E-state index contributed by atoms with van der Waals surface area (Å²) in [7, 11) is 0. The highest BCUT2D eigenvalue weighted by molar-refractivity contribution is 7.99. The molecule has 0 bridgehead atoms. The summed E-state index contributed by atoms with van der Waals surface area (Å²) in [5.74, 6) is 1.18. The number of benzene rings is 3. The Hall–Kier alpha value is -3.72. The number of halogens is 2. The third kappa shape index (κ3) is 5.41. The highest BCUT2D eigenvalue weighted by atomic mass is 32.2. The number of hydrogen-bond donors (Lipinski definition) is 0. The first-order valence-corrected chi connectivity index (χ1v) is 12.7. The molecular formula is C27H24F2N4O2S. The van der Waals surface area contributed by atoms with E-state index in [1.165, 1.54) is 0 Å². The summed E-state index contributed by atoms with van der Waals surface area (Å²) in [5, 5.41) is 7.08. The summed E-state index contributed by atoms with van der Waals surface area (Å²) in [5.41, 5.74) is 4.42. The predicted octanol–water partition coefficient (Wildman–Crippen LogP) is 6.52. The molecule has 1 aliphatic heterocycles. The molecule has 0 unspecified atom stereocenters. The normalized spacial score (nSPS) is 13.7. The third-order valence-corrected chi connectivity index (χ3v) is 6.91. The monoisotopic (exact) mass is 506 g/mol. The first-order valence-electron chi connectivity index (χ1n) is 11.6. The van der Waals surface area contributed by atoms with Gasteiger partial charge in [0.15, 0.2) is 0 Å². The number of rotatable bonds is 6. The Morgan fingerprint density at radius 2 is 1.53 bits per heavy atom. The molecule has 4 aromatic rings. The quantitative estimate of drug-likeness (QED) is 0.298. The molecule has 3 aromatic carbocycles. The number of thioether (sulfide) groups is 1. The van der Waals surface area contributed by atoms with Gasteiger partial charge in [-0.3, -0.25) is 4.90 Å². The van der Waals surface area contributed by atoms with Gasteiger partial charge in [0.1, 0.15) is 0 Å². The summed E-state index contributed by atoms with van der Waals surface area (Å²) in [6.07, 6.45) is -2.81. The smallest absolute Gasteiger partial charge is 0.324 e. The summed E-state index contributed by atoms with van der Waals surface area (Å²) < 4.78 is 30.6. The van der Waals surface area contributed by atoms with Crippen LogP contribution in [0.2, 0.25) is 0 Å². The average Bonchev–Trinajstić information content (AvgIpc) is 3.44. The van der Waals surface area contributed by atoms with Gasteiger partial charge in [-0.15, -0.1) is 10.2 Å². The van der Waals surface area contributed by atoms with Crippen molar-refractivity contribution in [2.75, 3.05) is 29.5 Å². The number of alkyl halides is 2. The van der Waals surface area contributed by atoms with E-state index in [9.17, 15) is 13.6 Å². The second kappa shape index (κ2) is 10.9. The van der Waals surface area contributed by atoms with Gasteiger partial charge in [-0.1, -0.05) is 54.6 Å². The van der Waals surface area contributed by atoms with E-state index in [1.807, 2.05) is 71.3 Å². The van der Waals surface area contributed by atoms with E-state index in [2.05, 4.69) is 22.3 Å². The molecule has 1 fully saturated rings. The lowest BCUT2D eigenvalue weighted by Crippen LogP contribution is -2.46. The Morgan fingerprint density at radius 3 is 2.17 bits per heavy atom. The van der Waals surface area contributed by atoms with Crippen LogP contribution in [0.4, 0.5) is 19.3 Å². The van der Waals surface area contributed by atoms with Crippen LogP contribution in [0.5, 0.6) is 0 Å². The number of amides is 2. The Bertz CT molecular complexity index is 1290. The van der Waals surface area contributed by atoms with Crippen molar-refractivity contribution in [3.8, 4) is 22.6 Å². The maximum absolute atomic E-state index is 13.6. The summed E-state index contributed by atoms with van der Waals surface area (Å²) >= 11 is 1.85. The molecule has 1 saturated heterocycles. The molecule has 2 amide bonds. The molecule has 6 nitrogen and oxygen atoms in total. The van der Waals surface area contributed by atoms with E-state index in [4.69, 9.17) is 4.42 Å². The second-order valence-corrected chi connectivity index (χ2v) is 9.55. The SMILES string of the molecule is O=C(N1CCSCC1)N(Cc1ccc(-c2nnc(C(F)F)o2)cc1)c1ccc(-c2ccccc2)cc1. The molecule has 0 radical (unpaired) electrons. The van der Waals surface area contributed by atoms with Crippen LogP contribution in [-0.4, -0.2) is 45.7 Å². The van der Waals surface area contributed by atoms with Crippen LogP contribution in [0.25, 0.3) is 22.6 Å². The van der Waals surface area contributed by atoms with Crippen molar-refractivity contribution in [2.45, 2.75) is 13.0 Å². The van der Waals surface area contributed by atoms with E-state index < -0.39 is 12.3 Å². The van der Waals surface area contributed by atoms with E-state index in [0.717, 1.165) is 33.9 Å². The first-order chi connectivity index (χ1) is 17.6. The minimum Gasteiger partial charge on any atom is -0.415 e. The first kappa shape index (κ1) is 24.0. The molecule has 0 saturated carbocycles. The summed E-state index contributed by atoms with van der Waals surface area (Å²) in [4.78, 5) is 17.2. The Balaban J connectivity index is 1.39. The Morgan fingerprint density at radius 1 is 0.889 bits per heavy atom. The molecule has 184 valence electrons. The molecule has 0 aliphatic carbocycles. The van der Waals surface area contributed by atoms with Crippen molar-refractivity contribution in [2.24, 2.45) is 0 Å². The molecule has 0 spiro atoms.